The van der Waals surface area contributed by atoms with Gasteiger partial charge in [0.2, 0.25) is 11.9 Å². The van der Waals surface area contributed by atoms with Crippen LogP contribution in [0.15, 0.2) is 23.2 Å². The molecule has 0 saturated carbocycles. The van der Waals surface area contributed by atoms with Crippen LogP contribution < -0.4 is 10.7 Å². The van der Waals surface area contributed by atoms with Crippen LogP contribution in [0.5, 0.6) is 0 Å². The summed E-state index contributed by atoms with van der Waals surface area (Å²) in [5.41, 5.74) is 3.25. The number of hydrogen-bond acceptors (Lipinski definition) is 4. The minimum Gasteiger partial charge on any atom is -0.322 e. The summed E-state index contributed by atoms with van der Waals surface area (Å²) in [5.74, 6) is 0.372. The normalized spacial score (nSPS) is 14.4. The first-order valence-electron chi connectivity index (χ1n) is 5.38. The minimum absolute atomic E-state index is 0.156. The fourth-order valence-electron chi connectivity index (χ4n) is 1.58. The standard InChI is InChI=1S/C11H12Cl2N4O/c1-7(18)16-17-6-5-14-11(17)15-10-8(12)3-2-4-9(10)13/h2-4H,5-6H2,1H3,(H,14,15)(H,16,18). The van der Waals surface area contributed by atoms with Gasteiger partial charge in [0.15, 0.2) is 0 Å². The molecule has 0 radical (unpaired) electrons. The van der Waals surface area contributed by atoms with Gasteiger partial charge in [0, 0.05) is 6.92 Å². The predicted molar refractivity (Wildman–Crippen MR) is 72.9 cm³/mol. The Hall–Kier alpha value is -1.46. The molecular weight excluding hydrogens is 275 g/mol. The number of nitrogens with zero attached hydrogens (tertiary/aromatic N) is 2. The highest BCUT2D eigenvalue weighted by molar-refractivity contribution is 6.39. The van der Waals surface area contributed by atoms with Gasteiger partial charge in [-0.25, -0.2) is 4.99 Å². The lowest BCUT2D eigenvalue weighted by Crippen LogP contribution is -2.46. The van der Waals surface area contributed by atoms with Gasteiger partial charge in [0.25, 0.3) is 0 Å². The summed E-state index contributed by atoms with van der Waals surface area (Å²) in [6.07, 6.45) is 0. The van der Waals surface area contributed by atoms with Gasteiger partial charge in [-0.1, -0.05) is 29.3 Å². The second-order valence-corrected chi connectivity index (χ2v) is 4.56. The molecule has 0 bridgehead atoms. The highest BCUT2D eigenvalue weighted by Gasteiger charge is 2.19. The van der Waals surface area contributed by atoms with Crippen molar-refractivity contribution in [2.24, 2.45) is 4.99 Å². The molecule has 1 amide bonds. The number of anilines is 1. The summed E-state index contributed by atoms with van der Waals surface area (Å²) in [6.45, 7) is 2.66. The Morgan fingerprint density at radius 3 is 2.67 bits per heavy atom. The van der Waals surface area contributed by atoms with Crippen LogP contribution in [-0.2, 0) is 4.79 Å². The van der Waals surface area contributed by atoms with E-state index in [-0.39, 0.29) is 5.91 Å². The third kappa shape index (κ3) is 2.86. The van der Waals surface area contributed by atoms with Crippen molar-refractivity contribution >= 4 is 40.8 Å². The molecular formula is C11H12Cl2N4O. The quantitative estimate of drug-likeness (QED) is 0.876. The van der Waals surface area contributed by atoms with Crippen LogP contribution in [-0.4, -0.2) is 30.0 Å². The Morgan fingerprint density at radius 1 is 1.39 bits per heavy atom. The lowest BCUT2D eigenvalue weighted by atomic mass is 10.3. The number of benzene rings is 1. The van der Waals surface area contributed by atoms with E-state index >= 15 is 0 Å². The van der Waals surface area contributed by atoms with Gasteiger partial charge in [-0.3, -0.25) is 15.2 Å². The second-order valence-electron chi connectivity index (χ2n) is 3.75. The summed E-state index contributed by atoms with van der Waals surface area (Å²) in [5, 5.41) is 5.66. The van der Waals surface area contributed by atoms with Crippen molar-refractivity contribution in [1.82, 2.24) is 10.4 Å². The van der Waals surface area contributed by atoms with Crippen molar-refractivity contribution < 1.29 is 4.79 Å². The molecule has 0 fully saturated rings. The summed E-state index contributed by atoms with van der Waals surface area (Å²) in [4.78, 5) is 15.3. The van der Waals surface area contributed by atoms with Crippen LogP contribution in [0.4, 0.5) is 5.69 Å². The minimum atomic E-state index is -0.156. The summed E-state index contributed by atoms with van der Waals surface area (Å²) < 4.78 is 0. The topological polar surface area (TPSA) is 56.7 Å². The Bertz CT molecular complexity index is 484. The van der Waals surface area contributed by atoms with Gasteiger partial charge in [0.1, 0.15) is 0 Å². The zero-order chi connectivity index (χ0) is 13.1. The molecule has 2 rings (SSSR count). The molecule has 1 aromatic rings. The molecule has 1 heterocycles. The zero-order valence-electron chi connectivity index (χ0n) is 9.70. The second kappa shape index (κ2) is 5.46. The van der Waals surface area contributed by atoms with E-state index in [9.17, 15) is 4.79 Å². The molecule has 1 aliphatic rings. The van der Waals surface area contributed by atoms with Crippen molar-refractivity contribution in [2.45, 2.75) is 6.92 Å². The monoisotopic (exact) mass is 286 g/mol. The van der Waals surface area contributed by atoms with Crippen LogP contribution in [0.2, 0.25) is 10.0 Å². The van der Waals surface area contributed by atoms with Crippen molar-refractivity contribution in [1.29, 1.82) is 0 Å². The third-order valence-corrected chi connectivity index (χ3v) is 2.96. The van der Waals surface area contributed by atoms with Gasteiger partial charge in [-0.2, -0.15) is 0 Å². The Balaban J connectivity index is 2.16. The molecule has 0 saturated heterocycles. The first-order chi connectivity index (χ1) is 8.58. The van der Waals surface area contributed by atoms with Crippen molar-refractivity contribution in [3.63, 3.8) is 0 Å². The molecule has 0 atom stereocenters. The number of guanidine groups is 1. The lowest BCUT2D eigenvalue weighted by molar-refractivity contribution is -0.122. The van der Waals surface area contributed by atoms with Gasteiger partial charge < -0.3 is 5.32 Å². The number of hydrogen-bond donors (Lipinski definition) is 2. The Labute approximate surface area is 115 Å². The lowest BCUT2D eigenvalue weighted by Gasteiger charge is -2.21. The first kappa shape index (κ1) is 13.0. The molecule has 0 spiro atoms. The Kier molecular flexibility index (Phi) is 3.93. The SMILES string of the molecule is CC(=O)NN1CCN=C1Nc1c(Cl)cccc1Cl. The van der Waals surface area contributed by atoms with Crippen LogP contribution in [0.1, 0.15) is 6.92 Å². The van der Waals surface area contributed by atoms with E-state index in [1.54, 1.807) is 23.2 Å². The number of hydrazine groups is 1. The van der Waals surface area contributed by atoms with Crippen LogP contribution in [0, 0.1) is 0 Å². The number of carbonyl (C=O) groups excluding carboxylic acids is 1. The predicted octanol–water partition coefficient (Wildman–Crippen LogP) is 2.13. The van der Waals surface area contributed by atoms with E-state index in [2.05, 4.69) is 15.7 Å². The maximum Gasteiger partial charge on any atom is 0.235 e. The van der Waals surface area contributed by atoms with E-state index < -0.39 is 0 Å². The van der Waals surface area contributed by atoms with Crippen LogP contribution in [0.25, 0.3) is 0 Å². The summed E-state index contributed by atoms with van der Waals surface area (Å²) >= 11 is 12.1. The number of rotatable bonds is 2. The van der Waals surface area contributed by atoms with Crippen LogP contribution >= 0.6 is 23.2 Å². The average Bonchev–Trinajstić information content (AvgIpc) is 2.70. The molecule has 96 valence electrons. The number of aliphatic imine (C=N–C) groups is 1. The fraction of sp³-hybridized carbons (Fsp3) is 0.273. The van der Waals surface area contributed by atoms with E-state index in [4.69, 9.17) is 23.2 Å². The molecule has 1 aliphatic heterocycles. The van der Waals surface area contributed by atoms with Crippen molar-refractivity contribution in [2.75, 3.05) is 18.4 Å². The molecule has 0 unspecified atom stereocenters. The smallest absolute Gasteiger partial charge is 0.235 e. The number of amides is 1. The maximum absolute atomic E-state index is 11.0. The summed E-state index contributed by atoms with van der Waals surface area (Å²) in [7, 11) is 0. The molecule has 0 aromatic heterocycles. The molecule has 5 nitrogen and oxygen atoms in total. The van der Waals surface area contributed by atoms with E-state index in [1.807, 2.05) is 0 Å². The average molecular weight is 287 g/mol. The molecule has 0 aliphatic carbocycles. The van der Waals surface area contributed by atoms with Crippen molar-refractivity contribution in [3.8, 4) is 0 Å². The van der Waals surface area contributed by atoms with Gasteiger partial charge in [-0.05, 0) is 12.1 Å². The van der Waals surface area contributed by atoms with Gasteiger partial charge in [-0.15, -0.1) is 0 Å². The third-order valence-electron chi connectivity index (χ3n) is 2.33. The number of para-hydroxylation sites is 1. The number of carbonyl (C=O) groups is 1. The molecule has 2 N–H and O–H groups in total. The van der Waals surface area contributed by atoms with Crippen LogP contribution in [0.3, 0.4) is 0 Å². The molecule has 1 aromatic carbocycles. The largest absolute Gasteiger partial charge is 0.322 e. The van der Waals surface area contributed by atoms with E-state index in [0.29, 0.717) is 34.8 Å². The zero-order valence-corrected chi connectivity index (χ0v) is 11.2. The summed E-state index contributed by atoms with van der Waals surface area (Å²) in [6, 6.07) is 5.22. The molecule has 18 heavy (non-hydrogen) atoms. The van der Waals surface area contributed by atoms with Crippen molar-refractivity contribution in [3.05, 3.63) is 28.2 Å². The number of nitrogens with one attached hydrogen (secondary N) is 2. The first-order valence-corrected chi connectivity index (χ1v) is 6.14. The molecule has 7 heteroatoms. The van der Waals surface area contributed by atoms with E-state index in [0.717, 1.165) is 0 Å². The maximum atomic E-state index is 11.0. The van der Waals surface area contributed by atoms with Gasteiger partial charge in [0.05, 0.1) is 28.8 Å². The Morgan fingerprint density at radius 2 is 2.06 bits per heavy atom. The van der Waals surface area contributed by atoms with E-state index in [1.165, 1.54) is 6.92 Å². The fourth-order valence-corrected chi connectivity index (χ4v) is 2.07. The number of halogens is 2. The highest BCUT2D eigenvalue weighted by Crippen LogP contribution is 2.30. The van der Waals surface area contributed by atoms with Gasteiger partial charge >= 0.3 is 0 Å². The highest BCUT2D eigenvalue weighted by atomic mass is 35.5.